The molecule has 1 aliphatic heterocycles. The Bertz CT molecular complexity index is 938. The second kappa shape index (κ2) is 8.39. The summed E-state index contributed by atoms with van der Waals surface area (Å²) in [5.74, 6) is 0.609. The third-order valence-corrected chi connectivity index (χ3v) is 6.22. The Morgan fingerprint density at radius 2 is 2.18 bits per heavy atom. The van der Waals surface area contributed by atoms with Crippen LogP contribution in [0.1, 0.15) is 41.2 Å². The van der Waals surface area contributed by atoms with Gasteiger partial charge in [0.15, 0.2) is 5.78 Å². The average Bonchev–Trinajstić information content (AvgIpc) is 3.32. The summed E-state index contributed by atoms with van der Waals surface area (Å²) in [6, 6.07) is 15.5. The highest BCUT2D eigenvalue weighted by atomic mass is 32.1. The summed E-state index contributed by atoms with van der Waals surface area (Å²) in [5.41, 5.74) is 1.66. The largest absolute Gasteiger partial charge is 0.491 e. The van der Waals surface area contributed by atoms with Gasteiger partial charge in [-0.3, -0.25) is 9.69 Å². The van der Waals surface area contributed by atoms with E-state index in [0.717, 1.165) is 29.9 Å². The third-order valence-electron chi connectivity index (χ3n) is 5.09. The van der Waals surface area contributed by atoms with Crippen LogP contribution in [-0.4, -0.2) is 46.6 Å². The van der Waals surface area contributed by atoms with Crippen molar-refractivity contribution in [2.75, 3.05) is 19.7 Å². The van der Waals surface area contributed by atoms with Crippen LogP contribution < -0.4 is 4.74 Å². The van der Waals surface area contributed by atoms with Gasteiger partial charge in [-0.15, -0.1) is 11.3 Å². The molecular weight excluding hydrogens is 372 g/mol. The van der Waals surface area contributed by atoms with Gasteiger partial charge in [0, 0.05) is 12.1 Å². The molecule has 1 fully saturated rings. The number of Topliss-reactive ketones (excluding diaryl/α,β-unsaturated/α-hetero) is 1. The van der Waals surface area contributed by atoms with Gasteiger partial charge in [0.25, 0.3) is 0 Å². The summed E-state index contributed by atoms with van der Waals surface area (Å²) in [6.07, 6.45) is 1.57. The number of ether oxygens (including phenoxy) is 1. The lowest BCUT2D eigenvalue weighted by Crippen LogP contribution is -2.35. The normalized spacial score (nSPS) is 18.4. The monoisotopic (exact) mass is 396 g/mol. The molecule has 0 spiro atoms. The van der Waals surface area contributed by atoms with Crippen molar-refractivity contribution in [2.45, 2.75) is 31.9 Å². The Kier molecular flexibility index (Phi) is 5.71. The molecule has 28 heavy (non-hydrogen) atoms. The summed E-state index contributed by atoms with van der Waals surface area (Å²) in [6.45, 7) is 3.23. The third kappa shape index (κ3) is 4.24. The molecule has 0 amide bonds. The lowest BCUT2D eigenvalue weighted by atomic mass is 10.1. The molecule has 1 N–H and O–H groups in total. The second-order valence-corrected chi connectivity index (χ2v) is 8.28. The van der Waals surface area contributed by atoms with E-state index in [-0.39, 0.29) is 18.4 Å². The van der Waals surface area contributed by atoms with Crippen molar-refractivity contribution in [1.82, 2.24) is 9.88 Å². The fourth-order valence-corrected chi connectivity index (χ4v) is 4.81. The number of hydrogen-bond donors (Lipinski definition) is 1. The van der Waals surface area contributed by atoms with Gasteiger partial charge in [0.2, 0.25) is 0 Å². The Labute approximate surface area is 168 Å². The van der Waals surface area contributed by atoms with E-state index in [1.54, 1.807) is 35.6 Å². The molecule has 1 aliphatic rings. The van der Waals surface area contributed by atoms with Crippen LogP contribution >= 0.6 is 11.3 Å². The molecule has 1 saturated heterocycles. The van der Waals surface area contributed by atoms with Gasteiger partial charge in [0.05, 0.1) is 16.3 Å². The minimum absolute atomic E-state index is 0.00161. The number of aliphatic hydroxyl groups is 1. The number of carbonyl (C=O) groups excluding carboxylic acids is 1. The number of β-amino-alcohol motifs (C(OH)–C–C–N with tert-alkyl or cyclic N) is 1. The van der Waals surface area contributed by atoms with Crippen molar-refractivity contribution in [2.24, 2.45) is 0 Å². The first-order valence-corrected chi connectivity index (χ1v) is 10.4. The highest BCUT2D eigenvalue weighted by Gasteiger charge is 2.30. The van der Waals surface area contributed by atoms with Crippen molar-refractivity contribution in [3.63, 3.8) is 0 Å². The van der Waals surface area contributed by atoms with E-state index in [9.17, 15) is 9.90 Å². The molecule has 0 aliphatic carbocycles. The van der Waals surface area contributed by atoms with Gasteiger partial charge in [-0.2, -0.15) is 0 Å². The van der Waals surface area contributed by atoms with E-state index >= 15 is 0 Å². The first-order valence-electron chi connectivity index (χ1n) is 9.61. The van der Waals surface area contributed by atoms with Crippen LogP contribution in [0.5, 0.6) is 5.75 Å². The summed E-state index contributed by atoms with van der Waals surface area (Å²) < 4.78 is 6.92. The smallest absolute Gasteiger partial charge is 0.159 e. The van der Waals surface area contributed by atoms with E-state index in [1.807, 2.05) is 18.2 Å². The molecule has 6 heteroatoms. The van der Waals surface area contributed by atoms with E-state index in [4.69, 9.17) is 9.72 Å². The zero-order valence-electron chi connectivity index (χ0n) is 15.9. The Morgan fingerprint density at radius 3 is 3.00 bits per heavy atom. The molecule has 0 bridgehead atoms. The number of ketones is 1. The van der Waals surface area contributed by atoms with E-state index in [1.165, 1.54) is 11.6 Å². The van der Waals surface area contributed by atoms with Crippen LogP contribution in [0.15, 0.2) is 48.5 Å². The maximum absolute atomic E-state index is 11.5. The summed E-state index contributed by atoms with van der Waals surface area (Å²) in [5, 5.41) is 11.6. The van der Waals surface area contributed by atoms with Crippen molar-refractivity contribution in [3.05, 3.63) is 59.1 Å². The molecule has 2 heterocycles. The molecule has 4 rings (SSSR count). The molecule has 2 aromatic carbocycles. The number of benzene rings is 2. The number of thiazole rings is 1. The minimum Gasteiger partial charge on any atom is -0.491 e. The summed E-state index contributed by atoms with van der Waals surface area (Å²) in [7, 11) is 0. The fourth-order valence-electron chi connectivity index (χ4n) is 3.68. The number of carbonyl (C=O) groups is 1. The maximum Gasteiger partial charge on any atom is 0.159 e. The Morgan fingerprint density at radius 1 is 1.32 bits per heavy atom. The van der Waals surface area contributed by atoms with E-state index < -0.39 is 6.10 Å². The zero-order chi connectivity index (χ0) is 19.5. The van der Waals surface area contributed by atoms with Crippen molar-refractivity contribution in [3.8, 4) is 5.75 Å². The number of hydrogen-bond acceptors (Lipinski definition) is 6. The summed E-state index contributed by atoms with van der Waals surface area (Å²) >= 11 is 1.74. The molecular formula is C22H24N2O3S. The predicted octanol–water partition coefficient (Wildman–Crippen LogP) is 4.08. The molecule has 0 saturated carbocycles. The number of fused-ring (bicyclic) bond motifs is 1. The minimum atomic E-state index is -0.601. The average molecular weight is 397 g/mol. The molecule has 146 valence electrons. The lowest BCUT2D eigenvalue weighted by Gasteiger charge is -2.25. The van der Waals surface area contributed by atoms with Crippen molar-refractivity contribution in [1.29, 1.82) is 0 Å². The zero-order valence-corrected chi connectivity index (χ0v) is 16.7. The first kappa shape index (κ1) is 19.1. The number of aliphatic hydroxyl groups excluding tert-OH is 1. The molecule has 3 aromatic rings. The molecule has 2 atom stereocenters. The highest BCUT2D eigenvalue weighted by molar-refractivity contribution is 7.18. The van der Waals surface area contributed by atoms with E-state index in [0.29, 0.717) is 17.9 Å². The molecule has 2 unspecified atom stereocenters. The van der Waals surface area contributed by atoms with Gasteiger partial charge in [0.1, 0.15) is 23.5 Å². The van der Waals surface area contributed by atoms with Crippen LogP contribution in [0, 0.1) is 0 Å². The van der Waals surface area contributed by atoms with Gasteiger partial charge in [-0.25, -0.2) is 4.98 Å². The van der Waals surface area contributed by atoms with Gasteiger partial charge in [-0.1, -0.05) is 24.3 Å². The van der Waals surface area contributed by atoms with Crippen molar-refractivity contribution < 1.29 is 14.6 Å². The maximum atomic E-state index is 11.5. The fraction of sp³-hybridized carbons (Fsp3) is 0.364. The number of rotatable bonds is 7. The topological polar surface area (TPSA) is 62.7 Å². The SMILES string of the molecule is CC(=O)c1cccc(OCC(O)CN2CCCC2c2nc3ccccc3s2)c1. The predicted molar refractivity (Wildman–Crippen MR) is 111 cm³/mol. The highest BCUT2D eigenvalue weighted by Crippen LogP contribution is 2.36. The first-order chi connectivity index (χ1) is 13.6. The summed E-state index contributed by atoms with van der Waals surface area (Å²) in [4.78, 5) is 18.6. The molecule has 1 aromatic heterocycles. The number of aromatic nitrogens is 1. The van der Waals surface area contributed by atoms with E-state index in [2.05, 4.69) is 11.0 Å². The van der Waals surface area contributed by atoms with Crippen LogP contribution in [0.25, 0.3) is 10.2 Å². The van der Waals surface area contributed by atoms with Gasteiger partial charge in [-0.05, 0) is 50.6 Å². The Balaban J connectivity index is 1.37. The number of para-hydroxylation sites is 1. The van der Waals surface area contributed by atoms with Crippen LogP contribution in [0.2, 0.25) is 0 Å². The van der Waals surface area contributed by atoms with Gasteiger partial charge < -0.3 is 9.84 Å². The Hall–Kier alpha value is -2.28. The second-order valence-electron chi connectivity index (χ2n) is 7.22. The van der Waals surface area contributed by atoms with Crippen LogP contribution in [0.3, 0.4) is 0 Å². The number of likely N-dealkylation sites (tertiary alicyclic amines) is 1. The number of nitrogens with zero attached hydrogens (tertiary/aromatic N) is 2. The molecule has 5 nitrogen and oxygen atoms in total. The lowest BCUT2D eigenvalue weighted by molar-refractivity contribution is 0.0638. The van der Waals surface area contributed by atoms with Gasteiger partial charge >= 0.3 is 0 Å². The molecule has 0 radical (unpaired) electrons. The van der Waals surface area contributed by atoms with Crippen LogP contribution in [0.4, 0.5) is 0 Å². The standard InChI is InChI=1S/C22H24N2O3S/c1-15(25)16-6-4-7-18(12-16)27-14-17(26)13-24-11-5-9-20(24)22-23-19-8-2-3-10-21(19)28-22/h2-4,6-8,10,12,17,20,26H,5,9,11,13-14H2,1H3. The van der Waals surface area contributed by atoms with Crippen molar-refractivity contribution >= 4 is 27.3 Å². The quantitative estimate of drug-likeness (QED) is 0.610. The van der Waals surface area contributed by atoms with Crippen LogP contribution in [-0.2, 0) is 0 Å².